The summed E-state index contributed by atoms with van der Waals surface area (Å²) in [4.78, 5) is 10.7. The summed E-state index contributed by atoms with van der Waals surface area (Å²) in [6.07, 6.45) is 0. The lowest BCUT2D eigenvalue weighted by molar-refractivity contribution is 0.0687. The topological polar surface area (TPSA) is 108 Å². The van der Waals surface area contributed by atoms with Crippen LogP contribution in [0.25, 0.3) is 0 Å². The van der Waals surface area contributed by atoms with Crippen molar-refractivity contribution in [2.75, 3.05) is 0 Å². The SMILES string of the molecule is O=C(O)c1n[nH]nc1COc1ccccc1O. The Labute approximate surface area is 95.7 Å². The highest BCUT2D eigenvalue weighted by Gasteiger charge is 2.15. The highest BCUT2D eigenvalue weighted by molar-refractivity contribution is 5.86. The van der Waals surface area contributed by atoms with Crippen LogP contribution >= 0.6 is 0 Å². The minimum absolute atomic E-state index is 0.0205. The monoisotopic (exact) mass is 235 g/mol. The maximum absolute atomic E-state index is 10.7. The van der Waals surface area contributed by atoms with E-state index in [2.05, 4.69) is 15.4 Å². The number of carboxylic acid groups (broad SMARTS) is 1. The number of carboxylic acids is 1. The number of H-pyrrole nitrogens is 1. The first-order valence-electron chi connectivity index (χ1n) is 4.72. The molecule has 0 spiro atoms. The molecule has 0 aliphatic rings. The number of carbonyl (C=O) groups is 1. The van der Waals surface area contributed by atoms with Gasteiger partial charge in [-0.2, -0.15) is 10.3 Å². The Hall–Kier alpha value is -2.57. The molecule has 1 heterocycles. The predicted molar refractivity (Wildman–Crippen MR) is 55.8 cm³/mol. The van der Waals surface area contributed by atoms with Gasteiger partial charge in [-0.05, 0) is 12.1 Å². The van der Waals surface area contributed by atoms with E-state index in [0.29, 0.717) is 0 Å². The number of rotatable bonds is 4. The van der Waals surface area contributed by atoms with E-state index in [-0.39, 0.29) is 29.5 Å². The number of aromatic carboxylic acids is 1. The van der Waals surface area contributed by atoms with Crippen LogP contribution in [0.5, 0.6) is 11.5 Å². The van der Waals surface area contributed by atoms with Crippen LogP contribution in [0.3, 0.4) is 0 Å². The first kappa shape index (κ1) is 10.9. The molecule has 1 aromatic carbocycles. The van der Waals surface area contributed by atoms with Crippen molar-refractivity contribution in [3.8, 4) is 11.5 Å². The van der Waals surface area contributed by atoms with Gasteiger partial charge in [-0.1, -0.05) is 12.1 Å². The third kappa shape index (κ3) is 2.33. The van der Waals surface area contributed by atoms with E-state index < -0.39 is 5.97 Å². The van der Waals surface area contributed by atoms with Crippen LogP contribution in [-0.2, 0) is 6.61 Å². The molecule has 0 bridgehead atoms. The number of phenolic OH excluding ortho intramolecular Hbond substituents is 1. The number of hydrogen-bond donors (Lipinski definition) is 3. The van der Waals surface area contributed by atoms with Gasteiger partial charge in [-0.25, -0.2) is 4.79 Å². The number of phenols is 1. The van der Waals surface area contributed by atoms with Crippen LogP contribution < -0.4 is 4.74 Å². The summed E-state index contributed by atoms with van der Waals surface area (Å²) in [6, 6.07) is 6.38. The molecule has 0 radical (unpaired) electrons. The summed E-state index contributed by atoms with van der Waals surface area (Å²) in [5.74, 6) is -0.950. The fourth-order valence-corrected chi connectivity index (χ4v) is 1.25. The lowest BCUT2D eigenvalue weighted by atomic mass is 10.3. The van der Waals surface area contributed by atoms with Gasteiger partial charge in [0, 0.05) is 0 Å². The van der Waals surface area contributed by atoms with Crippen LogP contribution in [0.1, 0.15) is 16.2 Å². The fraction of sp³-hybridized carbons (Fsp3) is 0.100. The molecule has 0 amide bonds. The van der Waals surface area contributed by atoms with Crippen molar-refractivity contribution >= 4 is 5.97 Å². The molecule has 1 aromatic heterocycles. The van der Waals surface area contributed by atoms with Crippen molar-refractivity contribution in [1.82, 2.24) is 15.4 Å². The number of para-hydroxylation sites is 2. The second-order valence-corrected chi connectivity index (χ2v) is 3.18. The molecule has 7 heteroatoms. The molecular weight excluding hydrogens is 226 g/mol. The number of nitrogens with zero attached hydrogens (tertiary/aromatic N) is 2. The number of hydrogen-bond acceptors (Lipinski definition) is 5. The van der Waals surface area contributed by atoms with E-state index in [1.165, 1.54) is 6.07 Å². The number of nitrogens with one attached hydrogen (secondary N) is 1. The third-order valence-electron chi connectivity index (χ3n) is 2.05. The van der Waals surface area contributed by atoms with Gasteiger partial charge in [-0.3, -0.25) is 0 Å². The molecule has 7 nitrogen and oxygen atoms in total. The van der Waals surface area contributed by atoms with Crippen molar-refractivity contribution in [1.29, 1.82) is 0 Å². The largest absolute Gasteiger partial charge is 0.504 e. The van der Waals surface area contributed by atoms with Gasteiger partial charge in [0.1, 0.15) is 12.3 Å². The summed E-state index contributed by atoms with van der Waals surface area (Å²) < 4.78 is 5.24. The van der Waals surface area contributed by atoms with Gasteiger partial charge in [0.2, 0.25) is 0 Å². The fourth-order valence-electron chi connectivity index (χ4n) is 1.25. The molecule has 0 atom stereocenters. The highest BCUT2D eigenvalue weighted by Crippen LogP contribution is 2.25. The second kappa shape index (κ2) is 4.52. The number of aromatic amines is 1. The Morgan fingerprint density at radius 1 is 1.35 bits per heavy atom. The molecule has 0 aliphatic carbocycles. The molecular formula is C10H9N3O4. The van der Waals surface area contributed by atoms with Crippen LogP contribution in [0.4, 0.5) is 0 Å². The van der Waals surface area contributed by atoms with Gasteiger partial charge < -0.3 is 14.9 Å². The van der Waals surface area contributed by atoms with Gasteiger partial charge >= 0.3 is 5.97 Å². The first-order chi connectivity index (χ1) is 8.18. The molecule has 0 saturated heterocycles. The zero-order valence-electron chi connectivity index (χ0n) is 8.62. The molecule has 0 aliphatic heterocycles. The van der Waals surface area contributed by atoms with Gasteiger partial charge in [-0.15, -0.1) is 5.10 Å². The average molecular weight is 235 g/mol. The lowest BCUT2D eigenvalue weighted by Gasteiger charge is -2.05. The Morgan fingerprint density at radius 2 is 2.12 bits per heavy atom. The zero-order chi connectivity index (χ0) is 12.3. The smallest absolute Gasteiger partial charge is 0.358 e. The summed E-state index contributed by atoms with van der Waals surface area (Å²) in [5.41, 5.74) is -0.0267. The first-order valence-corrected chi connectivity index (χ1v) is 4.72. The Kier molecular flexibility index (Phi) is 2.91. The molecule has 2 aromatic rings. The molecule has 0 saturated carbocycles. The Bertz CT molecular complexity index is 538. The maximum atomic E-state index is 10.7. The number of benzene rings is 1. The van der Waals surface area contributed by atoms with Crippen LogP contribution in [0, 0.1) is 0 Å². The minimum atomic E-state index is -1.19. The summed E-state index contributed by atoms with van der Waals surface area (Å²) >= 11 is 0. The van der Waals surface area contributed by atoms with E-state index in [4.69, 9.17) is 9.84 Å². The quantitative estimate of drug-likeness (QED) is 0.722. The third-order valence-corrected chi connectivity index (χ3v) is 2.05. The normalized spacial score (nSPS) is 10.1. The van der Waals surface area contributed by atoms with Crippen molar-refractivity contribution in [3.05, 3.63) is 35.7 Å². The van der Waals surface area contributed by atoms with E-state index in [9.17, 15) is 9.90 Å². The van der Waals surface area contributed by atoms with Crippen LogP contribution in [-0.4, -0.2) is 31.6 Å². The molecule has 0 fully saturated rings. The lowest BCUT2D eigenvalue weighted by Crippen LogP contribution is -2.05. The predicted octanol–water partition coefficient (Wildman–Crippen LogP) is 0.787. The standard InChI is InChI=1S/C10H9N3O4/c14-7-3-1-2-4-8(7)17-5-6-9(10(15)16)12-13-11-6/h1-4,14H,5H2,(H,15,16)(H,11,12,13). The molecule has 0 unspecified atom stereocenters. The van der Waals surface area contributed by atoms with Crippen molar-refractivity contribution in [2.45, 2.75) is 6.61 Å². The molecule has 17 heavy (non-hydrogen) atoms. The van der Waals surface area contributed by atoms with E-state index in [1.54, 1.807) is 18.2 Å². The average Bonchev–Trinajstić information content (AvgIpc) is 2.76. The molecule has 3 N–H and O–H groups in total. The van der Waals surface area contributed by atoms with E-state index in [0.717, 1.165) is 0 Å². The van der Waals surface area contributed by atoms with Crippen LogP contribution in [0.15, 0.2) is 24.3 Å². The van der Waals surface area contributed by atoms with Crippen LogP contribution in [0.2, 0.25) is 0 Å². The van der Waals surface area contributed by atoms with Crippen molar-refractivity contribution in [2.24, 2.45) is 0 Å². The summed E-state index contributed by atoms with van der Waals surface area (Å²) in [7, 11) is 0. The van der Waals surface area contributed by atoms with Crippen molar-refractivity contribution < 1.29 is 19.7 Å². The Balaban J connectivity index is 2.10. The second-order valence-electron chi connectivity index (χ2n) is 3.18. The number of aromatic hydroxyl groups is 1. The number of aromatic nitrogens is 3. The minimum Gasteiger partial charge on any atom is -0.504 e. The summed E-state index contributed by atoms with van der Waals surface area (Å²) in [6.45, 7) is -0.0876. The van der Waals surface area contributed by atoms with Gasteiger partial charge in [0.15, 0.2) is 17.2 Å². The van der Waals surface area contributed by atoms with Crippen molar-refractivity contribution in [3.63, 3.8) is 0 Å². The zero-order valence-corrected chi connectivity index (χ0v) is 8.62. The van der Waals surface area contributed by atoms with Gasteiger partial charge in [0.05, 0.1) is 0 Å². The molecule has 88 valence electrons. The Morgan fingerprint density at radius 3 is 2.82 bits per heavy atom. The van der Waals surface area contributed by atoms with Gasteiger partial charge in [0.25, 0.3) is 0 Å². The highest BCUT2D eigenvalue weighted by atomic mass is 16.5. The summed E-state index contributed by atoms with van der Waals surface area (Å²) in [5, 5.41) is 27.5. The van der Waals surface area contributed by atoms with E-state index in [1.807, 2.05) is 0 Å². The van der Waals surface area contributed by atoms with E-state index >= 15 is 0 Å². The maximum Gasteiger partial charge on any atom is 0.358 e. The molecule has 2 rings (SSSR count). The number of ether oxygens (including phenoxy) is 1.